The van der Waals surface area contributed by atoms with Gasteiger partial charge in [0.05, 0.1) is 0 Å². The lowest BCUT2D eigenvalue weighted by molar-refractivity contribution is -0.120. The zero-order valence-corrected chi connectivity index (χ0v) is 14.1. The Bertz CT molecular complexity index is 726. The molecule has 2 rings (SSSR count). The Hall–Kier alpha value is -2.33. The Balaban J connectivity index is 2.14. The van der Waals surface area contributed by atoms with E-state index in [-0.39, 0.29) is 18.4 Å². The molecule has 4 nitrogen and oxygen atoms in total. The quantitative estimate of drug-likeness (QED) is 0.922. The summed E-state index contributed by atoms with van der Waals surface area (Å²) >= 11 is 6.05. The number of anilines is 2. The molecule has 0 fully saturated rings. The average molecular weight is 331 g/mol. The molecule has 23 heavy (non-hydrogen) atoms. The number of rotatable bonds is 4. The summed E-state index contributed by atoms with van der Waals surface area (Å²) in [7, 11) is 0. The van der Waals surface area contributed by atoms with Crippen LogP contribution in [0.5, 0.6) is 0 Å². The molecule has 0 aromatic heterocycles. The fourth-order valence-electron chi connectivity index (χ4n) is 2.19. The summed E-state index contributed by atoms with van der Waals surface area (Å²) in [6.07, 6.45) is 0. The maximum absolute atomic E-state index is 12.3. The topological polar surface area (TPSA) is 49.4 Å². The number of benzene rings is 2. The molecule has 0 aliphatic rings. The predicted octanol–water partition coefficient (Wildman–Crippen LogP) is 3.95. The Labute approximate surface area is 141 Å². The highest BCUT2D eigenvalue weighted by molar-refractivity contribution is 6.31. The normalized spacial score (nSPS) is 10.3. The number of hydrogen-bond donors (Lipinski definition) is 1. The first-order valence-corrected chi connectivity index (χ1v) is 7.66. The van der Waals surface area contributed by atoms with E-state index in [1.54, 1.807) is 18.2 Å². The lowest BCUT2D eigenvalue weighted by atomic mass is 10.2. The van der Waals surface area contributed by atoms with E-state index in [0.717, 1.165) is 11.1 Å². The van der Waals surface area contributed by atoms with Crippen molar-refractivity contribution in [2.24, 2.45) is 0 Å². The van der Waals surface area contributed by atoms with E-state index in [4.69, 9.17) is 11.6 Å². The van der Waals surface area contributed by atoms with E-state index < -0.39 is 0 Å². The summed E-state index contributed by atoms with van der Waals surface area (Å²) in [5.41, 5.74) is 3.24. The maximum Gasteiger partial charge on any atom is 0.244 e. The second-order valence-corrected chi connectivity index (χ2v) is 5.81. The predicted molar refractivity (Wildman–Crippen MR) is 94.0 cm³/mol. The summed E-state index contributed by atoms with van der Waals surface area (Å²) in [5, 5.41) is 3.39. The second-order valence-electron chi connectivity index (χ2n) is 5.40. The third-order valence-corrected chi connectivity index (χ3v) is 3.98. The van der Waals surface area contributed by atoms with Crippen molar-refractivity contribution in [1.29, 1.82) is 0 Å². The first kappa shape index (κ1) is 17.0. The Morgan fingerprint density at radius 3 is 2.35 bits per heavy atom. The van der Waals surface area contributed by atoms with Crippen LogP contribution in [0.1, 0.15) is 18.1 Å². The van der Waals surface area contributed by atoms with Crippen molar-refractivity contribution in [3.8, 4) is 0 Å². The van der Waals surface area contributed by atoms with Gasteiger partial charge in [-0.25, -0.2) is 0 Å². The van der Waals surface area contributed by atoms with Crippen LogP contribution in [0.4, 0.5) is 11.4 Å². The summed E-state index contributed by atoms with van der Waals surface area (Å²) in [4.78, 5) is 25.6. The van der Waals surface area contributed by atoms with Gasteiger partial charge in [-0.15, -0.1) is 0 Å². The summed E-state index contributed by atoms with van der Waals surface area (Å²) < 4.78 is 0. The van der Waals surface area contributed by atoms with E-state index in [1.807, 2.05) is 38.1 Å². The third kappa shape index (κ3) is 4.33. The van der Waals surface area contributed by atoms with E-state index in [1.165, 1.54) is 11.8 Å². The standard InChI is InChI=1S/C18H19ClN2O2/c1-12-7-9-15(10-8-12)21(14(3)22)11-18(23)20-17-6-4-5-16(19)13(17)2/h4-10H,11H2,1-3H3,(H,20,23). The number of halogens is 1. The molecule has 0 bridgehead atoms. The van der Waals surface area contributed by atoms with E-state index in [2.05, 4.69) is 5.32 Å². The molecule has 2 aromatic carbocycles. The van der Waals surface area contributed by atoms with Gasteiger partial charge in [-0.3, -0.25) is 9.59 Å². The van der Waals surface area contributed by atoms with Crippen molar-refractivity contribution in [1.82, 2.24) is 0 Å². The highest BCUT2D eigenvalue weighted by Gasteiger charge is 2.16. The number of nitrogens with zero attached hydrogens (tertiary/aromatic N) is 1. The SMILES string of the molecule is CC(=O)N(CC(=O)Nc1cccc(Cl)c1C)c1ccc(C)cc1. The Morgan fingerprint density at radius 1 is 1.09 bits per heavy atom. The number of amides is 2. The van der Waals surface area contributed by atoms with Gasteiger partial charge in [-0.1, -0.05) is 35.4 Å². The maximum atomic E-state index is 12.3. The minimum absolute atomic E-state index is 0.0512. The summed E-state index contributed by atoms with van der Waals surface area (Å²) in [6, 6.07) is 12.8. The second kappa shape index (κ2) is 7.29. The van der Waals surface area contributed by atoms with Crippen molar-refractivity contribution < 1.29 is 9.59 Å². The van der Waals surface area contributed by atoms with Crippen LogP contribution >= 0.6 is 11.6 Å². The molecule has 2 amide bonds. The average Bonchev–Trinajstić information content (AvgIpc) is 2.50. The zero-order valence-electron chi connectivity index (χ0n) is 13.4. The first-order valence-electron chi connectivity index (χ1n) is 7.28. The minimum Gasteiger partial charge on any atom is -0.324 e. The summed E-state index contributed by atoms with van der Waals surface area (Å²) in [5.74, 6) is -0.460. The molecule has 2 aromatic rings. The van der Waals surface area contributed by atoms with Crippen LogP contribution in [0.3, 0.4) is 0 Å². The van der Waals surface area contributed by atoms with Crippen molar-refractivity contribution in [3.05, 3.63) is 58.6 Å². The highest BCUT2D eigenvalue weighted by atomic mass is 35.5. The van der Waals surface area contributed by atoms with Crippen LogP contribution in [-0.2, 0) is 9.59 Å². The molecule has 0 unspecified atom stereocenters. The van der Waals surface area contributed by atoms with Crippen molar-refractivity contribution in [2.75, 3.05) is 16.8 Å². The molecule has 120 valence electrons. The van der Waals surface area contributed by atoms with Crippen molar-refractivity contribution >= 4 is 34.8 Å². The molecule has 0 saturated carbocycles. The fraction of sp³-hybridized carbons (Fsp3) is 0.222. The van der Waals surface area contributed by atoms with Crippen LogP contribution in [0.25, 0.3) is 0 Å². The molecule has 0 aliphatic heterocycles. The monoisotopic (exact) mass is 330 g/mol. The van der Waals surface area contributed by atoms with Crippen LogP contribution in [0.15, 0.2) is 42.5 Å². The van der Waals surface area contributed by atoms with Crippen LogP contribution in [0, 0.1) is 13.8 Å². The van der Waals surface area contributed by atoms with E-state index >= 15 is 0 Å². The van der Waals surface area contributed by atoms with Gasteiger partial charge in [0.2, 0.25) is 11.8 Å². The largest absolute Gasteiger partial charge is 0.324 e. The van der Waals surface area contributed by atoms with Gasteiger partial charge in [0.25, 0.3) is 0 Å². The molecule has 0 aliphatic carbocycles. The van der Waals surface area contributed by atoms with Crippen LogP contribution < -0.4 is 10.2 Å². The molecular formula is C18H19ClN2O2. The molecule has 0 heterocycles. The molecule has 0 saturated heterocycles. The molecular weight excluding hydrogens is 312 g/mol. The van der Waals surface area contributed by atoms with Gasteiger partial charge in [0.1, 0.15) is 6.54 Å². The van der Waals surface area contributed by atoms with Gasteiger partial charge in [0.15, 0.2) is 0 Å². The van der Waals surface area contributed by atoms with Gasteiger partial charge in [-0.05, 0) is 43.7 Å². The fourth-order valence-corrected chi connectivity index (χ4v) is 2.36. The zero-order chi connectivity index (χ0) is 17.0. The van der Waals surface area contributed by atoms with E-state index in [9.17, 15) is 9.59 Å². The molecule has 0 spiro atoms. The Morgan fingerprint density at radius 2 is 1.74 bits per heavy atom. The van der Waals surface area contributed by atoms with Crippen molar-refractivity contribution in [3.63, 3.8) is 0 Å². The van der Waals surface area contributed by atoms with Crippen LogP contribution in [0.2, 0.25) is 5.02 Å². The molecule has 0 radical (unpaired) electrons. The summed E-state index contributed by atoms with van der Waals surface area (Å²) in [6.45, 7) is 5.19. The number of aryl methyl sites for hydroxylation is 1. The molecule has 5 heteroatoms. The number of nitrogens with one attached hydrogen (secondary N) is 1. The van der Waals surface area contributed by atoms with E-state index in [0.29, 0.717) is 16.4 Å². The lowest BCUT2D eigenvalue weighted by Crippen LogP contribution is -2.36. The number of hydrogen-bond acceptors (Lipinski definition) is 2. The van der Waals surface area contributed by atoms with Gasteiger partial charge in [0, 0.05) is 23.3 Å². The number of carbonyl (C=O) groups is 2. The smallest absolute Gasteiger partial charge is 0.244 e. The van der Waals surface area contributed by atoms with Gasteiger partial charge < -0.3 is 10.2 Å². The Kier molecular flexibility index (Phi) is 5.40. The molecule has 0 atom stereocenters. The van der Waals surface area contributed by atoms with Crippen LogP contribution in [-0.4, -0.2) is 18.4 Å². The lowest BCUT2D eigenvalue weighted by Gasteiger charge is -2.21. The third-order valence-electron chi connectivity index (χ3n) is 3.57. The highest BCUT2D eigenvalue weighted by Crippen LogP contribution is 2.23. The van der Waals surface area contributed by atoms with Gasteiger partial charge in [-0.2, -0.15) is 0 Å². The molecule has 1 N–H and O–H groups in total. The minimum atomic E-state index is -0.272. The van der Waals surface area contributed by atoms with Crippen molar-refractivity contribution in [2.45, 2.75) is 20.8 Å². The van der Waals surface area contributed by atoms with Gasteiger partial charge >= 0.3 is 0 Å². The number of carbonyl (C=O) groups excluding carboxylic acids is 2. The first-order chi connectivity index (χ1) is 10.9.